The van der Waals surface area contributed by atoms with Crippen LogP contribution in [0.1, 0.15) is 127 Å². The fourth-order valence-electron chi connectivity index (χ4n) is 8.35. The zero-order chi connectivity index (χ0) is 44.0. The predicted octanol–water partition coefficient (Wildman–Crippen LogP) is 6.78. The Morgan fingerprint density at radius 2 is 1.43 bits per heavy atom. The first-order chi connectivity index (χ1) is 30.7. The summed E-state index contributed by atoms with van der Waals surface area (Å²) < 4.78 is 40.1. The lowest BCUT2D eigenvalue weighted by Crippen LogP contribution is -2.54. The first kappa shape index (κ1) is 45.5. The molecule has 2 unspecified atom stereocenters. The molecule has 2 aliphatic heterocycles. The van der Waals surface area contributed by atoms with Crippen molar-refractivity contribution in [3.63, 3.8) is 0 Å². The predicted molar refractivity (Wildman–Crippen MR) is 236 cm³/mol. The Labute approximate surface area is 370 Å². The molecule has 3 aliphatic rings. The number of unbranched alkanes of at least 4 members (excludes halogenated alkanes) is 6. The van der Waals surface area contributed by atoms with Gasteiger partial charge in [-0.1, -0.05) is 56.4 Å². The maximum atomic E-state index is 13.0. The second-order valence-corrected chi connectivity index (χ2v) is 17.0. The number of imide groups is 2. The van der Waals surface area contributed by atoms with E-state index < -0.39 is 40.9 Å². The number of piperidine rings is 1. The van der Waals surface area contributed by atoms with Crippen molar-refractivity contribution >= 4 is 40.6 Å². The van der Waals surface area contributed by atoms with E-state index in [4.69, 9.17) is 18.8 Å². The van der Waals surface area contributed by atoms with Gasteiger partial charge in [0.2, 0.25) is 23.1 Å². The van der Waals surface area contributed by atoms with Gasteiger partial charge in [-0.25, -0.2) is 18.9 Å². The van der Waals surface area contributed by atoms with Gasteiger partial charge in [-0.05, 0) is 105 Å². The highest BCUT2D eigenvalue weighted by Crippen LogP contribution is 2.49. The number of ether oxygens (including phenoxy) is 3. The van der Waals surface area contributed by atoms with Crippen molar-refractivity contribution in [3.05, 3.63) is 113 Å². The van der Waals surface area contributed by atoms with Crippen molar-refractivity contribution in [3.8, 4) is 11.5 Å². The molecule has 16 heteroatoms. The second kappa shape index (κ2) is 22.2. The summed E-state index contributed by atoms with van der Waals surface area (Å²) in [5.41, 5.74) is 4.53. The molecule has 4 aromatic rings. The van der Waals surface area contributed by atoms with E-state index in [-0.39, 0.29) is 42.5 Å². The molecule has 0 radical (unpaired) electrons. The highest BCUT2D eigenvalue weighted by Gasteiger charge is 2.45. The summed E-state index contributed by atoms with van der Waals surface area (Å²) >= 11 is -2.12. The molecular weight excluding hydrogens is 825 g/mol. The third-order valence-electron chi connectivity index (χ3n) is 12.0. The summed E-state index contributed by atoms with van der Waals surface area (Å²) in [6.45, 7) is 3.19. The average molecular weight is 881 g/mol. The molecule has 2 atom stereocenters. The number of anilines is 1. The maximum Gasteiger partial charge on any atom is 0.262 e. The normalized spacial score (nSPS) is 17.2. The molecule has 63 heavy (non-hydrogen) atoms. The van der Waals surface area contributed by atoms with Gasteiger partial charge in [0.25, 0.3) is 11.8 Å². The van der Waals surface area contributed by atoms with Gasteiger partial charge in [-0.2, -0.15) is 0 Å². The molecule has 4 N–H and O–H groups in total. The van der Waals surface area contributed by atoms with Gasteiger partial charge in [0.1, 0.15) is 30.0 Å². The quantitative estimate of drug-likeness (QED) is 0.0310. The molecule has 3 heterocycles. The lowest BCUT2D eigenvalue weighted by molar-refractivity contribution is -0.136. The van der Waals surface area contributed by atoms with Gasteiger partial charge >= 0.3 is 0 Å². The number of rotatable bonds is 25. The number of benzene rings is 3. The second-order valence-electron chi connectivity index (χ2n) is 16.2. The van der Waals surface area contributed by atoms with Gasteiger partial charge in [0.05, 0.1) is 30.0 Å². The number of fused-ring (bicyclic) bond motifs is 1. The Balaban J connectivity index is 0.707. The van der Waals surface area contributed by atoms with Gasteiger partial charge in [0.15, 0.2) is 0 Å². The minimum absolute atomic E-state index is 0.00506. The van der Waals surface area contributed by atoms with Crippen LogP contribution >= 0.6 is 0 Å². The molecule has 0 spiro atoms. The zero-order valence-corrected chi connectivity index (χ0v) is 36.3. The summed E-state index contributed by atoms with van der Waals surface area (Å²) in [7, 11) is 0. The Kier molecular flexibility index (Phi) is 16.0. The summed E-state index contributed by atoms with van der Waals surface area (Å²) in [5.74, 6) is 0.0400. The third-order valence-corrected chi connectivity index (χ3v) is 12.4. The third kappa shape index (κ3) is 11.9. The molecule has 0 bridgehead atoms. The van der Waals surface area contributed by atoms with Crippen LogP contribution in [0.3, 0.4) is 0 Å². The van der Waals surface area contributed by atoms with Gasteiger partial charge in [0, 0.05) is 43.5 Å². The van der Waals surface area contributed by atoms with E-state index in [0.717, 1.165) is 80.1 Å². The Hall–Kier alpha value is -5.55. The molecule has 334 valence electrons. The lowest BCUT2D eigenvalue weighted by atomic mass is 9.60. The van der Waals surface area contributed by atoms with Crippen LogP contribution in [0.15, 0.2) is 79.0 Å². The molecule has 1 aliphatic carbocycles. The SMILES string of the molecule is O=C1CCC(N2C(=O)c3ccc(NCCCCOCCCCCCCCOc4ccc(C5(c6ccc(OCc7ccnc(CNS(=O)O)n7)cc6)CCC5)cc4)cc3C2=O)C(=O)N1. The van der Waals surface area contributed by atoms with Crippen LogP contribution < -0.4 is 24.8 Å². The van der Waals surface area contributed by atoms with Crippen LogP contribution in [-0.4, -0.2) is 79.7 Å². The number of aromatic nitrogens is 2. The first-order valence-electron chi connectivity index (χ1n) is 22.0. The zero-order valence-electron chi connectivity index (χ0n) is 35.5. The number of amides is 4. The fraction of sp³-hybridized carbons (Fsp3) is 0.447. The Bertz CT molecular complexity index is 2240. The minimum Gasteiger partial charge on any atom is -0.494 e. The molecular formula is C47H56N6O9S. The van der Waals surface area contributed by atoms with Crippen LogP contribution in [0, 0.1) is 0 Å². The maximum absolute atomic E-state index is 13.0. The van der Waals surface area contributed by atoms with Gasteiger partial charge in [-0.15, -0.1) is 0 Å². The summed E-state index contributed by atoms with van der Waals surface area (Å²) in [6.07, 6.45) is 13.7. The van der Waals surface area contributed by atoms with Crippen molar-refractivity contribution in [1.29, 1.82) is 0 Å². The highest BCUT2D eigenvalue weighted by atomic mass is 32.2. The number of hydrogen-bond acceptors (Lipinski definition) is 11. The molecule has 1 saturated carbocycles. The fourth-order valence-corrected chi connectivity index (χ4v) is 8.61. The van der Waals surface area contributed by atoms with E-state index in [1.807, 2.05) is 12.1 Å². The lowest BCUT2D eigenvalue weighted by Gasteiger charge is -2.43. The van der Waals surface area contributed by atoms with Crippen molar-refractivity contribution in [2.45, 2.75) is 108 Å². The van der Waals surface area contributed by atoms with E-state index in [0.29, 0.717) is 31.3 Å². The van der Waals surface area contributed by atoms with Crippen LogP contribution in [0.5, 0.6) is 11.5 Å². The molecule has 4 amide bonds. The van der Waals surface area contributed by atoms with Crippen LogP contribution in [0.2, 0.25) is 0 Å². The van der Waals surface area contributed by atoms with Crippen molar-refractivity contribution < 1.29 is 42.2 Å². The van der Waals surface area contributed by atoms with Crippen molar-refractivity contribution in [2.24, 2.45) is 0 Å². The van der Waals surface area contributed by atoms with Gasteiger partial charge < -0.3 is 19.5 Å². The van der Waals surface area contributed by atoms with Gasteiger partial charge in [-0.3, -0.25) is 33.9 Å². The van der Waals surface area contributed by atoms with Crippen LogP contribution in [0.25, 0.3) is 0 Å². The van der Waals surface area contributed by atoms with E-state index >= 15 is 0 Å². The van der Waals surface area contributed by atoms with E-state index in [9.17, 15) is 23.4 Å². The van der Waals surface area contributed by atoms with Crippen LogP contribution in [-0.2, 0) is 44.2 Å². The molecule has 3 aromatic carbocycles. The first-order valence-corrected chi connectivity index (χ1v) is 23.1. The largest absolute Gasteiger partial charge is 0.494 e. The topological polar surface area (TPSA) is 198 Å². The summed E-state index contributed by atoms with van der Waals surface area (Å²) in [5, 5.41) is 5.53. The number of carbonyl (C=O) groups is 4. The van der Waals surface area contributed by atoms with E-state index in [1.165, 1.54) is 30.4 Å². The van der Waals surface area contributed by atoms with Crippen LogP contribution in [0.4, 0.5) is 5.69 Å². The molecule has 1 aromatic heterocycles. The number of nitrogens with zero attached hydrogens (tertiary/aromatic N) is 3. The molecule has 15 nitrogen and oxygen atoms in total. The number of hydrogen-bond donors (Lipinski definition) is 4. The van der Waals surface area contributed by atoms with E-state index in [1.54, 1.807) is 30.5 Å². The highest BCUT2D eigenvalue weighted by molar-refractivity contribution is 7.77. The van der Waals surface area contributed by atoms with E-state index in [2.05, 4.69) is 61.7 Å². The monoisotopic (exact) mass is 880 g/mol. The molecule has 7 rings (SSSR count). The summed E-state index contributed by atoms with van der Waals surface area (Å²) in [4.78, 5) is 59.2. The Morgan fingerprint density at radius 1 is 0.778 bits per heavy atom. The number of nitrogens with one attached hydrogen (secondary N) is 3. The molecule has 2 fully saturated rings. The Morgan fingerprint density at radius 3 is 2.10 bits per heavy atom. The number of carbonyl (C=O) groups excluding carboxylic acids is 4. The van der Waals surface area contributed by atoms with Crippen molar-refractivity contribution in [1.82, 2.24) is 24.9 Å². The minimum atomic E-state index is -2.12. The van der Waals surface area contributed by atoms with Crippen molar-refractivity contribution in [2.75, 3.05) is 31.7 Å². The smallest absolute Gasteiger partial charge is 0.262 e. The average Bonchev–Trinajstić information content (AvgIpc) is 3.51. The molecule has 1 saturated heterocycles. The standard InChI is InChI=1S/C47H56N6O9S/c54-43-21-20-41(44(55)52-43)53-45(56)39-19-14-35(30-40(39)46(53)57)48-25-5-8-28-60-27-6-3-1-2-4-7-29-61-37-15-10-33(11-16-37)47(23-9-24-47)34-12-17-38(18-13-34)62-32-36-22-26-49-42(51-36)31-50-63(58)59/h10-19,22,26,30,41,48,50H,1-9,20-21,23-25,27-29,31-32H2,(H,58,59)(H,52,54,55). The summed E-state index contributed by atoms with van der Waals surface area (Å²) in [6, 6.07) is 22.7.